The molecule has 0 bridgehead atoms. The van der Waals surface area contributed by atoms with Gasteiger partial charge in [-0.2, -0.15) is 12.8 Å². The third-order valence-corrected chi connectivity index (χ3v) is 6.86. The predicted octanol–water partition coefficient (Wildman–Crippen LogP) is 5.79. The Bertz CT molecular complexity index is 639. The normalized spacial score (nSPS) is 15.3. The molecule has 24 heavy (non-hydrogen) atoms. The number of hydrogen-bond donors (Lipinski definition) is 0. The number of thioether (sulfide) groups is 1. The van der Waals surface area contributed by atoms with E-state index in [1.54, 1.807) is 23.9 Å². The maximum atomic E-state index is 12.0. The summed E-state index contributed by atoms with van der Waals surface area (Å²) in [6.07, 6.45) is 13.2. The van der Waals surface area contributed by atoms with Crippen molar-refractivity contribution in [2.24, 2.45) is 4.40 Å². The highest BCUT2D eigenvalue weighted by Crippen LogP contribution is 2.31. The fourth-order valence-corrected chi connectivity index (χ4v) is 5.49. The van der Waals surface area contributed by atoms with Gasteiger partial charge in [0.15, 0.2) is 0 Å². The predicted molar refractivity (Wildman–Crippen MR) is 104 cm³/mol. The van der Waals surface area contributed by atoms with E-state index in [9.17, 15) is 8.42 Å². The van der Waals surface area contributed by atoms with E-state index in [4.69, 9.17) is 0 Å². The van der Waals surface area contributed by atoms with Crippen LogP contribution in [0.4, 0.5) is 0 Å². The Balaban J connectivity index is 1.57. The summed E-state index contributed by atoms with van der Waals surface area (Å²) in [7, 11) is -3.45. The van der Waals surface area contributed by atoms with Crippen LogP contribution in [0.3, 0.4) is 0 Å². The summed E-state index contributed by atoms with van der Waals surface area (Å²) in [5, 5.41) is 0.668. The maximum Gasteiger partial charge on any atom is 0.284 e. The second-order valence-electron chi connectivity index (χ2n) is 6.40. The zero-order valence-corrected chi connectivity index (χ0v) is 16.3. The lowest BCUT2D eigenvalue weighted by Gasteiger charge is -2.03. The number of nitrogens with zero attached hydrogens (tertiary/aromatic N) is 1. The van der Waals surface area contributed by atoms with E-state index in [1.165, 1.54) is 57.8 Å². The molecule has 1 heterocycles. The van der Waals surface area contributed by atoms with Gasteiger partial charge in [-0.1, -0.05) is 82.9 Å². The number of fused-ring (bicyclic) bond motifs is 1. The van der Waals surface area contributed by atoms with Crippen LogP contribution >= 0.6 is 11.8 Å². The Labute approximate surface area is 151 Å². The molecule has 2 rings (SSSR count). The van der Waals surface area contributed by atoms with Crippen LogP contribution in [0.25, 0.3) is 0 Å². The maximum absolute atomic E-state index is 12.0. The number of sulfonamides is 1. The summed E-state index contributed by atoms with van der Waals surface area (Å²) in [4.78, 5) is 0.357. The van der Waals surface area contributed by atoms with Crippen molar-refractivity contribution in [3.05, 3.63) is 29.8 Å². The first-order valence-electron chi connectivity index (χ1n) is 9.22. The third kappa shape index (κ3) is 5.92. The van der Waals surface area contributed by atoms with Gasteiger partial charge in [-0.15, -0.1) is 11.8 Å². The quantitative estimate of drug-likeness (QED) is 0.465. The Hall–Kier alpha value is -0.810. The van der Waals surface area contributed by atoms with Crippen molar-refractivity contribution < 1.29 is 8.42 Å². The molecule has 1 aliphatic rings. The molecule has 0 N–H and O–H groups in total. The van der Waals surface area contributed by atoms with Crippen LogP contribution in [0.15, 0.2) is 33.6 Å². The van der Waals surface area contributed by atoms with Crippen molar-refractivity contribution in [2.45, 2.75) is 76.0 Å². The molecule has 0 amide bonds. The minimum absolute atomic E-state index is 0.357. The summed E-state index contributed by atoms with van der Waals surface area (Å²) in [5.41, 5.74) is 0.773. The molecule has 0 saturated heterocycles. The van der Waals surface area contributed by atoms with Gasteiger partial charge >= 0.3 is 0 Å². The van der Waals surface area contributed by atoms with Crippen LogP contribution in [0.2, 0.25) is 0 Å². The first kappa shape index (κ1) is 19.5. The first-order chi connectivity index (χ1) is 11.6. The van der Waals surface area contributed by atoms with Gasteiger partial charge in [-0.3, -0.25) is 0 Å². The van der Waals surface area contributed by atoms with Gasteiger partial charge in [0.1, 0.15) is 5.04 Å². The fraction of sp³-hybridized carbons (Fsp3) is 0.632. The van der Waals surface area contributed by atoms with E-state index < -0.39 is 10.0 Å². The fourth-order valence-electron chi connectivity index (χ4n) is 2.94. The van der Waals surface area contributed by atoms with E-state index in [1.807, 2.05) is 12.1 Å². The lowest BCUT2D eigenvalue weighted by molar-refractivity contribution is 0.563. The van der Waals surface area contributed by atoms with Crippen LogP contribution in [0, 0.1) is 0 Å². The molecule has 0 aromatic heterocycles. The van der Waals surface area contributed by atoms with Gasteiger partial charge < -0.3 is 0 Å². The Morgan fingerprint density at radius 1 is 0.875 bits per heavy atom. The van der Waals surface area contributed by atoms with Crippen molar-refractivity contribution >= 4 is 26.8 Å². The molecule has 134 valence electrons. The lowest BCUT2D eigenvalue weighted by atomic mass is 10.1. The number of rotatable bonds is 11. The summed E-state index contributed by atoms with van der Waals surface area (Å²) in [6.45, 7) is 2.25. The standard InChI is InChI=1S/C19H29NO2S2/c1-2-3-4-5-6-7-8-9-10-13-16-23-19-17-14-11-12-15-18(17)24(21,22)20-19/h11-12,14-15H,2-10,13,16H2,1H3. The number of benzene rings is 1. The highest BCUT2D eigenvalue weighted by atomic mass is 32.2. The van der Waals surface area contributed by atoms with Crippen molar-refractivity contribution in [2.75, 3.05) is 5.75 Å². The number of unbranched alkanes of at least 4 members (excludes halogenated alkanes) is 9. The summed E-state index contributed by atoms with van der Waals surface area (Å²) >= 11 is 1.58. The molecule has 5 heteroatoms. The molecular formula is C19H29NO2S2. The molecule has 1 aromatic carbocycles. The second-order valence-corrected chi connectivity index (χ2v) is 9.05. The number of hydrogen-bond acceptors (Lipinski definition) is 3. The van der Waals surface area contributed by atoms with Gasteiger partial charge in [-0.05, 0) is 18.2 Å². The van der Waals surface area contributed by atoms with Crippen LogP contribution in [-0.4, -0.2) is 19.2 Å². The summed E-state index contributed by atoms with van der Waals surface area (Å²) in [5.74, 6) is 0.944. The minimum Gasteiger partial charge on any atom is -0.199 e. The Kier molecular flexibility index (Phi) is 8.33. The molecule has 0 saturated carbocycles. The van der Waals surface area contributed by atoms with E-state index in [-0.39, 0.29) is 0 Å². The average molecular weight is 368 g/mol. The van der Waals surface area contributed by atoms with Gasteiger partial charge in [0.05, 0.1) is 4.90 Å². The largest absolute Gasteiger partial charge is 0.284 e. The molecule has 1 aromatic rings. The molecule has 0 unspecified atom stereocenters. The SMILES string of the molecule is CCCCCCCCCCCCSC1=NS(=O)(=O)c2ccccc21. The molecule has 0 fully saturated rings. The Morgan fingerprint density at radius 2 is 1.46 bits per heavy atom. The zero-order chi connectivity index (χ0) is 17.3. The second kappa shape index (κ2) is 10.2. The zero-order valence-electron chi connectivity index (χ0n) is 14.7. The molecule has 1 aliphatic heterocycles. The van der Waals surface area contributed by atoms with E-state index >= 15 is 0 Å². The molecule has 0 spiro atoms. The lowest BCUT2D eigenvalue weighted by Crippen LogP contribution is -1.94. The van der Waals surface area contributed by atoms with Crippen LogP contribution in [0.1, 0.15) is 76.7 Å². The molecule has 3 nitrogen and oxygen atoms in total. The van der Waals surface area contributed by atoms with E-state index in [0.29, 0.717) is 9.94 Å². The molecule has 0 atom stereocenters. The smallest absolute Gasteiger partial charge is 0.199 e. The molecule has 0 radical (unpaired) electrons. The molecule has 0 aliphatic carbocycles. The summed E-state index contributed by atoms with van der Waals surface area (Å²) in [6, 6.07) is 7.12. The van der Waals surface area contributed by atoms with Crippen LogP contribution in [0.5, 0.6) is 0 Å². The average Bonchev–Trinajstić information content (AvgIpc) is 2.84. The van der Waals surface area contributed by atoms with Crippen LogP contribution in [-0.2, 0) is 10.0 Å². The molecular weight excluding hydrogens is 338 g/mol. The Morgan fingerprint density at radius 3 is 2.12 bits per heavy atom. The summed E-state index contributed by atoms with van der Waals surface area (Å²) < 4.78 is 27.9. The van der Waals surface area contributed by atoms with Gasteiger partial charge in [0, 0.05) is 5.56 Å². The third-order valence-electron chi connectivity index (χ3n) is 4.34. The van der Waals surface area contributed by atoms with E-state index in [0.717, 1.165) is 17.7 Å². The monoisotopic (exact) mass is 367 g/mol. The highest BCUT2D eigenvalue weighted by molar-refractivity contribution is 8.15. The van der Waals surface area contributed by atoms with Crippen molar-refractivity contribution in [3.8, 4) is 0 Å². The van der Waals surface area contributed by atoms with E-state index in [2.05, 4.69) is 11.3 Å². The van der Waals surface area contributed by atoms with Crippen molar-refractivity contribution in [1.82, 2.24) is 0 Å². The van der Waals surface area contributed by atoms with Gasteiger partial charge in [0.25, 0.3) is 10.0 Å². The van der Waals surface area contributed by atoms with Crippen LogP contribution < -0.4 is 0 Å². The van der Waals surface area contributed by atoms with Gasteiger partial charge in [0.2, 0.25) is 0 Å². The van der Waals surface area contributed by atoms with Crippen molar-refractivity contribution in [3.63, 3.8) is 0 Å². The minimum atomic E-state index is -3.45. The topological polar surface area (TPSA) is 46.5 Å². The van der Waals surface area contributed by atoms with Crippen molar-refractivity contribution in [1.29, 1.82) is 0 Å². The first-order valence-corrected chi connectivity index (χ1v) is 11.6. The highest BCUT2D eigenvalue weighted by Gasteiger charge is 2.28. The van der Waals surface area contributed by atoms with Gasteiger partial charge in [-0.25, -0.2) is 0 Å².